The first kappa shape index (κ1) is 19.5. The monoisotopic (exact) mass is 386 g/mol. The fourth-order valence-electron chi connectivity index (χ4n) is 3.12. The van der Waals surface area contributed by atoms with E-state index in [1.54, 1.807) is 6.07 Å². The van der Waals surface area contributed by atoms with Crippen LogP contribution in [0.1, 0.15) is 21.5 Å². The Balaban J connectivity index is 2.03. The SMILES string of the molecule is Cc1cccc(-c2ccc(-c3ccc(OC(F)(F)F)cc3C(=O)O)cc2C)c1. The summed E-state index contributed by atoms with van der Waals surface area (Å²) in [5.74, 6) is -1.90. The van der Waals surface area contributed by atoms with Gasteiger partial charge in [0.05, 0.1) is 5.56 Å². The predicted octanol–water partition coefficient (Wildman–Crippen LogP) is 6.23. The summed E-state index contributed by atoms with van der Waals surface area (Å²) in [6.45, 7) is 3.90. The highest BCUT2D eigenvalue weighted by atomic mass is 19.4. The standard InChI is InChI=1S/C22H17F3O3/c1-13-4-3-5-15(10-13)18-8-6-16(11-14(18)2)19-9-7-17(28-22(23,24)25)12-20(19)21(26)27/h3-12H,1-2H3,(H,26,27). The lowest BCUT2D eigenvalue weighted by atomic mass is 9.93. The molecule has 0 radical (unpaired) electrons. The van der Waals surface area contributed by atoms with Crippen LogP contribution in [0.25, 0.3) is 22.3 Å². The van der Waals surface area contributed by atoms with Gasteiger partial charge < -0.3 is 9.84 Å². The zero-order valence-corrected chi connectivity index (χ0v) is 15.2. The maximum atomic E-state index is 12.4. The first-order valence-corrected chi connectivity index (χ1v) is 8.45. The van der Waals surface area contributed by atoms with E-state index in [0.717, 1.165) is 34.4 Å². The zero-order chi connectivity index (χ0) is 20.5. The van der Waals surface area contributed by atoms with Crippen molar-refractivity contribution in [3.8, 4) is 28.0 Å². The number of carbonyl (C=O) groups is 1. The van der Waals surface area contributed by atoms with E-state index in [-0.39, 0.29) is 5.56 Å². The number of hydrogen-bond acceptors (Lipinski definition) is 2. The molecule has 0 amide bonds. The van der Waals surface area contributed by atoms with Crippen molar-refractivity contribution in [2.45, 2.75) is 20.2 Å². The molecule has 0 saturated carbocycles. The normalized spacial score (nSPS) is 11.3. The average Bonchev–Trinajstić information content (AvgIpc) is 2.60. The van der Waals surface area contributed by atoms with Gasteiger partial charge in [-0.25, -0.2) is 4.79 Å². The van der Waals surface area contributed by atoms with Crippen LogP contribution in [-0.2, 0) is 0 Å². The minimum Gasteiger partial charge on any atom is -0.478 e. The molecular formula is C22H17F3O3. The summed E-state index contributed by atoms with van der Waals surface area (Å²) < 4.78 is 41.1. The number of aryl methyl sites for hydroxylation is 2. The Kier molecular flexibility index (Phi) is 5.14. The van der Waals surface area contributed by atoms with E-state index in [9.17, 15) is 23.1 Å². The second-order valence-corrected chi connectivity index (χ2v) is 6.46. The van der Waals surface area contributed by atoms with Crippen LogP contribution in [-0.4, -0.2) is 17.4 Å². The largest absolute Gasteiger partial charge is 0.573 e. The van der Waals surface area contributed by atoms with Gasteiger partial charge in [-0.05, 0) is 59.9 Å². The molecule has 0 aliphatic heterocycles. The van der Waals surface area contributed by atoms with E-state index in [4.69, 9.17) is 0 Å². The molecule has 1 N–H and O–H groups in total. The van der Waals surface area contributed by atoms with Crippen molar-refractivity contribution >= 4 is 5.97 Å². The molecule has 3 rings (SSSR count). The maximum Gasteiger partial charge on any atom is 0.573 e. The van der Waals surface area contributed by atoms with Gasteiger partial charge in [-0.1, -0.05) is 48.0 Å². The van der Waals surface area contributed by atoms with Crippen molar-refractivity contribution in [2.24, 2.45) is 0 Å². The molecule has 0 heterocycles. The van der Waals surface area contributed by atoms with Gasteiger partial charge >= 0.3 is 12.3 Å². The third kappa shape index (κ3) is 4.34. The molecule has 3 aromatic rings. The van der Waals surface area contributed by atoms with Crippen molar-refractivity contribution < 1.29 is 27.8 Å². The first-order chi connectivity index (χ1) is 13.1. The van der Waals surface area contributed by atoms with E-state index in [2.05, 4.69) is 4.74 Å². The van der Waals surface area contributed by atoms with E-state index in [0.29, 0.717) is 11.1 Å². The van der Waals surface area contributed by atoms with Gasteiger partial charge in [-0.3, -0.25) is 0 Å². The Bertz CT molecular complexity index is 1040. The molecule has 28 heavy (non-hydrogen) atoms. The molecule has 3 aromatic carbocycles. The molecule has 6 heteroatoms. The van der Waals surface area contributed by atoms with Crippen molar-refractivity contribution in [1.29, 1.82) is 0 Å². The third-order valence-electron chi connectivity index (χ3n) is 4.32. The molecule has 0 unspecified atom stereocenters. The lowest BCUT2D eigenvalue weighted by Crippen LogP contribution is -2.17. The number of halogens is 3. The van der Waals surface area contributed by atoms with Crippen LogP contribution in [0.4, 0.5) is 13.2 Å². The molecule has 0 fully saturated rings. The van der Waals surface area contributed by atoms with Gasteiger partial charge in [0.1, 0.15) is 5.75 Å². The number of ether oxygens (including phenoxy) is 1. The van der Waals surface area contributed by atoms with Gasteiger partial charge in [0.25, 0.3) is 0 Å². The number of aromatic carboxylic acids is 1. The summed E-state index contributed by atoms with van der Waals surface area (Å²) in [5.41, 5.74) is 4.75. The van der Waals surface area contributed by atoms with E-state index < -0.39 is 18.1 Å². The van der Waals surface area contributed by atoms with E-state index in [1.165, 1.54) is 6.07 Å². The number of hydrogen-bond donors (Lipinski definition) is 1. The fourth-order valence-corrected chi connectivity index (χ4v) is 3.12. The Labute approximate surface area is 160 Å². The highest BCUT2D eigenvalue weighted by Crippen LogP contribution is 2.33. The summed E-state index contributed by atoms with van der Waals surface area (Å²) >= 11 is 0. The Hall–Kier alpha value is -3.28. The molecule has 0 atom stereocenters. The molecule has 0 spiro atoms. The second-order valence-electron chi connectivity index (χ2n) is 6.46. The van der Waals surface area contributed by atoms with Crippen molar-refractivity contribution in [3.63, 3.8) is 0 Å². The summed E-state index contributed by atoms with van der Waals surface area (Å²) in [6.07, 6.45) is -4.89. The maximum absolute atomic E-state index is 12.4. The topological polar surface area (TPSA) is 46.5 Å². The molecule has 0 aliphatic rings. The Morgan fingerprint density at radius 2 is 1.57 bits per heavy atom. The van der Waals surface area contributed by atoms with Crippen LogP contribution < -0.4 is 4.74 Å². The van der Waals surface area contributed by atoms with Gasteiger partial charge in [0.15, 0.2) is 0 Å². The van der Waals surface area contributed by atoms with Gasteiger partial charge in [0, 0.05) is 0 Å². The molecule has 0 aromatic heterocycles. The van der Waals surface area contributed by atoms with Gasteiger partial charge in [0.2, 0.25) is 0 Å². The molecular weight excluding hydrogens is 369 g/mol. The van der Waals surface area contributed by atoms with Crippen molar-refractivity contribution in [1.82, 2.24) is 0 Å². The number of carboxylic acids is 1. The molecule has 0 saturated heterocycles. The van der Waals surface area contributed by atoms with Crippen LogP contribution >= 0.6 is 0 Å². The Morgan fingerprint density at radius 3 is 2.18 bits per heavy atom. The van der Waals surface area contributed by atoms with Gasteiger partial charge in [-0.15, -0.1) is 13.2 Å². The summed E-state index contributed by atoms with van der Waals surface area (Å²) in [4.78, 5) is 11.6. The number of rotatable bonds is 4. The van der Waals surface area contributed by atoms with Crippen LogP contribution in [0, 0.1) is 13.8 Å². The summed E-state index contributed by atoms with van der Waals surface area (Å²) in [5, 5.41) is 9.45. The van der Waals surface area contributed by atoms with Crippen LogP contribution in [0.5, 0.6) is 5.75 Å². The number of alkyl halides is 3. The highest BCUT2D eigenvalue weighted by Gasteiger charge is 2.31. The zero-order valence-electron chi connectivity index (χ0n) is 15.2. The Morgan fingerprint density at radius 1 is 0.893 bits per heavy atom. The molecule has 0 aliphatic carbocycles. The highest BCUT2D eigenvalue weighted by molar-refractivity contribution is 5.97. The van der Waals surface area contributed by atoms with Crippen LogP contribution in [0.3, 0.4) is 0 Å². The second kappa shape index (κ2) is 7.38. The fraction of sp³-hybridized carbons (Fsp3) is 0.136. The molecule has 0 bridgehead atoms. The first-order valence-electron chi connectivity index (χ1n) is 8.45. The number of carboxylic acid groups (broad SMARTS) is 1. The quantitative estimate of drug-likeness (QED) is 0.578. The minimum absolute atomic E-state index is 0.260. The third-order valence-corrected chi connectivity index (χ3v) is 4.32. The smallest absolute Gasteiger partial charge is 0.478 e. The lowest BCUT2D eigenvalue weighted by Gasteiger charge is -2.14. The van der Waals surface area contributed by atoms with Crippen molar-refractivity contribution in [3.05, 3.63) is 77.4 Å². The predicted molar refractivity (Wildman–Crippen MR) is 100 cm³/mol. The van der Waals surface area contributed by atoms with Crippen molar-refractivity contribution in [2.75, 3.05) is 0 Å². The van der Waals surface area contributed by atoms with Crippen LogP contribution in [0.15, 0.2) is 60.7 Å². The summed E-state index contributed by atoms with van der Waals surface area (Å²) in [6, 6.07) is 16.8. The lowest BCUT2D eigenvalue weighted by molar-refractivity contribution is -0.274. The number of benzene rings is 3. The van der Waals surface area contributed by atoms with E-state index in [1.807, 2.05) is 50.2 Å². The molecule has 144 valence electrons. The molecule has 3 nitrogen and oxygen atoms in total. The summed E-state index contributed by atoms with van der Waals surface area (Å²) in [7, 11) is 0. The van der Waals surface area contributed by atoms with Crippen LogP contribution in [0.2, 0.25) is 0 Å². The van der Waals surface area contributed by atoms with Gasteiger partial charge in [-0.2, -0.15) is 0 Å². The minimum atomic E-state index is -4.89. The van der Waals surface area contributed by atoms with E-state index >= 15 is 0 Å². The average molecular weight is 386 g/mol.